The number of hydrogen-bond donors (Lipinski definition) is 0. The topological polar surface area (TPSA) is 17.8 Å². The molecular formula is C6H6Cl2N2. The molecule has 0 aliphatic rings. The van der Waals surface area contributed by atoms with Crippen LogP contribution in [0.25, 0.3) is 6.08 Å². The first-order chi connectivity index (χ1) is 4.66. The third-order valence-corrected chi connectivity index (χ3v) is 2.00. The van der Waals surface area contributed by atoms with E-state index in [1.165, 1.54) is 0 Å². The van der Waals surface area contributed by atoms with Crippen molar-refractivity contribution in [3.05, 3.63) is 22.7 Å². The monoisotopic (exact) mass is 176 g/mol. The molecule has 0 unspecified atom stereocenters. The molecule has 54 valence electrons. The predicted octanol–water partition coefficient (Wildman–Crippen LogP) is 2.37. The van der Waals surface area contributed by atoms with Gasteiger partial charge in [-0.3, -0.25) is 0 Å². The Kier molecular flexibility index (Phi) is 2.02. The Morgan fingerprint density at radius 3 is 2.40 bits per heavy atom. The van der Waals surface area contributed by atoms with Crippen molar-refractivity contribution in [2.75, 3.05) is 0 Å². The number of nitrogens with zero attached hydrogens (tertiary/aromatic N) is 2. The van der Waals surface area contributed by atoms with Crippen LogP contribution in [0.15, 0.2) is 6.58 Å². The van der Waals surface area contributed by atoms with E-state index in [0.29, 0.717) is 16.1 Å². The molecule has 1 rings (SSSR count). The fourth-order valence-electron chi connectivity index (χ4n) is 0.643. The molecule has 10 heavy (non-hydrogen) atoms. The molecule has 0 amide bonds. The smallest absolute Gasteiger partial charge is 0.166 e. The Bertz CT molecular complexity index is 265. The molecule has 0 aliphatic carbocycles. The van der Waals surface area contributed by atoms with Gasteiger partial charge in [0.2, 0.25) is 0 Å². The van der Waals surface area contributed by atoms with Crippen LogP contribution in [0.5, 0.6) is 0 Å². The summed E-state index contributed by atoms with van der Waals surface area (Å²) < 4.78 is 1.66. The quantitative estimate of drug-likeness (QED) is 0.643. The minimum absolute atomic E-state index is 0.319. The highest BCUT2D eigenvalue weighted by Gasteiger charge is 2.06. The van der Waals surface area contributed by atoms with Crippen molar-refractivity contribution in [1.82, 2.24) is 9.55 Å². The summed E-state index contributed by atoms with van der Waals surface area (Å²) in [6.07, 6.45) is 1.60. The molecular weight excluding hydrogens is 171 g/mol. The number of aromatic nitrogens is 2. The zero-order valence-electron chi connectivity index (χ0n) is 5.43. The molecule has 4 heteroatoms. The van der Waals surface area contributed by atoms with Gasteiger partial charge in [-0.05, 0) is 6.08 Å². The molecule has 0 N–H and O–H groups in total. The number of halogens is 2. The van der Waals surface area contributed by atoms with Gasteiger partial charge in [-0.1, -0.05) is 29.8 Å². The molecule has 0 atom stereocenters. The van der Waals surface area contributed by atoms with E-state index in [0.717, 1.165) is 0 Å². The van der Waals surface area contributed by atoms with Crippen LogP contribution in [0, 0.1) is 0 Å². The minimum atomic E-state index is 0.319. The molecule has 0 saturated carbocycles. The summed E-state index contributed by atoms with van der Waals surface area (Å²) >= 11 is 11.3. The Labute approximate surface area is 69.1 Å². The summed E-state index contributed by atoms with van der Waals surface area (Å²) in [7, 11) is 1.78. The van der Waals surface area contributed by atoms with Crippen molar-refractivity contribution < 1.29 is 0 Å². The maximum atomic E-state index is 5.70. The van der Waals surface area contributed by atoms with Crippen molar-refractivity contribution in [2.24, 2.45) is 7.05 Å². The maximum absolute atomic E-state index is 5.70. The highest BCUT2D eigenvalue weighted by Crippen LogP contribution is 2.21. The fraction of sp³-hybridized carbons (Fsp3) is 0.167. The van der Waals surface area contributed by atoms with Crippen LogP contribution >= 0.6 is 23.2 Å². The summed E-state index contributed by atoms with van der Waals surface area (Å²) in [6, 6.07) is 0. The minimum Gasteiger partial charge on any atom is -0.317 e. The van der Waals surface area contributed by atoms with Crippen LogP contribution in [0.2, 0.25) is 10.3 Å². The van der Waals surface area contributed by atoms with Crippen molar-refractivity contribution in [2.45, 2.75) is 0 Å². The molecule has 0 bridgehead atoms. The second-order valence-corrected chi connectivity index (χ2v) is 2.53. The molecule has 1 heterocycles. The van der Waals surface area contributed by atoms with Gasteiger partial charge < -0.3 is 4.57 Å². The van der Waals surface area contributed by atoms with Gasteiger partial charge in [-0.25, -0.2) is 4.98 Å². The standard InChI is InChI=1S/C6H6Cl2N2/c1-3-4-9-5(7)6(8)10(4)2/h3H,1H2,2H3. The summed E-state index contributed by atoms with van der Waals surface area (Å²) in [5, 5.41) is 0.760. The predicted molar refractivity (Wildman–Crippen MR) is 43.3 cm³/mol. The van der Waals surface area contributed by atoms with E-state index in [1.54, 1.807) is 17.7 Å². The molecule has 1 aromatic rings. The Morgan fingerprint density at radius 2 is 2.20 bits per heavy atom. The zero-order chi connectivity index (χ0) is 7.72. The third-order valence-electron chi connectivity index (χ3n) is 1.20. The lowest BCUT2D eigenvalue weighted by atomic mass is 10.6. The third kappa shape index (κ3) is 1.04. The summed E-state index contributed by atoms with van der Waals surface area (Å²) in [5.41, 5.74) is 0. The van der Waals surface area contributed by atoms with Crippen molar-refractivity contribution in [3.8, 4) is 0 Å². The average Bonchev–Trinajstić information content (AvgIpc) is 2.17. The lowest BCUT2D eigenvalue weighted by Gasteiger charge is -1.93. The largest absolute Gasteiger partial charge is 0.317 e. The summed E-state index contributed by atoms with van der Waals surface area (Å²) in [5.74, 6) is 0.676. The van der Waals surface area contributed by atoms with E-state index in [9.17, 15) is 0 Å². The Balaban J connectivity index is 3.30. The molecule has 1 aromatic heterocycles. The Morgan fingerprint density at radius 1 is 1.60 bits per heavy atom. The molecule has 0 spiro atoms. The number of rotatable bonds is 1. The van der Waals surface area contributed by atoms with Crippen LogP contribution in [0.3, 0.4) is 0 Å². The van der Waals surface area contributed by atoms with Gasteiger partial charge in [-0.15, -0.1) is 0 Å². The van der Waals surface area contributed by atoms with Gasteiger partial charge >= 0.3 is 0 Å². The Hall–Kier alpha value is -0.470. The van der Waals surface area contributed by atoms with Crippen LogP contribution in [-0.2, 0) is 7.05 Å². The zero-order valence-corrected chi connectivity index (χ0v) is 6.95. The molecule has 0 aliphatic heterocycles. The highest BCUT2D eigenvalue weighted by atomic mass is 35.5. The van der Waals surface area contributed by atoms with Gasteiger partial charge in [-0.2, -0.15) is 0 Å². The molecule has 0 radical (unpaired) electrons. The van der Waals surface area contributed by atoms with Gasteiger partial charge in [0.1, 0.15) is 11.0 Å². The van der Waals surface area contributed by atoms with Crippen molar-refractivity contribution in [1.29, 1.82) is 0 Å². The summed E-state index contributed by atoms with van der Waals surface area (Å²) in [4.78, 5) is 3.91. The maximum Gasteiger partial charge on any atom is 0.166 e. The van der Waals surface area contributed by atoms with Gasteiger partial charge in [0.15, 0.2) is 5.15 Å². The van der Waals surface area contributed by atoms with E-state index >= 15 is 0 Å². The van der Waals surface area contributed by atoms with Gasteiger partial charge in [0, 0.05) is 7.05 Å². The summed E-state index contributed by atoms with van der Waals surface area (Å²) in [6.45, 7) is 3.55. The van der Waals surface area contributed by atoms with E-state index in [4.69, 9.17) is 23.2 Å². The molecule has 0 aromatic carbocycles. The van der Waals surface area contributed by atoms with Crippen molar-refractivity contribution >= 4 is 29.3 Å². The first-order valence-corrected chi connectivity index (χ1v) is 3.42. The lowest BCUT2D eigenvalue weighted by Crippen LogP contribution is -1.89. The van der Waals surface area contributed by atoms with Crippen LogP contribution in [0.1, 0.15) is 5.82 Å². The second kappa shape index (κ2) is 2.64. The molecule has 0 saturated heterocycles. The van der Waals surface area contributed by atoms with E-state index in [2.05, 4.69) is 11.6 Å². The lowest BCUT2D eigenvalue weighted by molar-refractivity contribution is 0.898. The van der Waals surface area contributed by atoms with Crippen molar-refractivity contribution in [3.63, 3.8) is 0 Å². The van der Waals surface area contributed by atoms with Crippen LogP contribution in [-0.4, -0.2) is 9.55 Å². The first-order valence-electron chi connectivity index (χ1n) is 2.67. The van der Waals surface area contributed by atoms with E-state index in [-0.39, 0.29) is 0 Å². The first kappa shape index (κ1) is 7.63. The molecule has 2 nitrogen and oxygen atoms in total. The van der Waals surface area contributed by atoms with Gasteiger partial charge in [0.25, 0.3) is 0 Å². The second-order valence-electron chi connectivity index (χ2n) is 1.81. The molecule has 0 fully saturated rings. The van der Waals surface area contributed by atoms with E-state index < -0.39 is 0 Å². The highest BCUT2D eigenvalue weighted by molar-refractivity contribution is 6.40. The number of imidazole rings is 1. The normalized spacial score (nSPS) is 9.90. The van der Waals surface area contributed by atoms with Crippen LogP contribution < -0.4 is 0 Å². The van der Waals surface area contributed by atoms with E-state index in [1.807, 2.05) is 0 Å². The average molecular weight is 177 g/mol. The SMILES string of the molecule is C=Cc1nc(Cl)c(Cl)n1C. The van der Waals surface area contributed by atoms with Gasteiger partial charge in [0.05, 0.1) is 0 Å². The van der Waals surface area contributed by atoms with Crippen LogP contribution in [0.4, 0.5) is 0 Å². The fourth-order valence-corrected chi connectivity index (χ4v) is 0.985. The number of hydrogen-bond acceptors (Lipinski definition) is 1.